The summed E-state index contributed by atoms with van der Waals surface area (Å²) in [7, 11) is 1.79. The Morgan fingerprint density at radius 1 is 1.50 bits per heavy atom. The summed E-state index contributed by atoms with van der Waals surface area (Å²) in [5.74, 6) is 0.912. The first-order chi connectivity index (χ1) is 6.57. The summed E-state index contributed by atoms with van der Waals surface area (Å²) < 4.78 is 5.13. The van der Waals surface area contributed by atoms with Crippen LogP contribution in [0, 0.1) is 6.92 Å². The van der Waals surface area contributed by atoms with E-state index in [4.69, 9.17) is 4.52 Å². The Morgan fingerprint density at radius 2 is 2.14 bits per heavy atom. The third-order valence-corrected chi connectivity index (χ3v) is 2.21. The zero-order valence-electron chi connectivity index (χ0n) is 9.16. The summed E-state index contributed by atoms with van der Waals surface area (Å²) in [5.41, 5.74) is 1.89. The third-order valence-electron chi connectivity index (χ3n) is 2.21. The van der Waals surface area contributed by atoms with Gasteiger partial charge in [-0.25, -0.2) is 0 Å². The summed E-state index contributed by atoms with van der Waals surface area (Å²) in [4.78, 5) is 0. The predicted octanol–water partition coefficient (Wildman–Crippen LogP) is 1.36. The lowest BCUT2D eigenvalue weighted by Gasteiger charge is -2.10. The summed E-state index contributed by atoms with van der Waals surface area (Å²) in [6.45, 7) is 6.51. The molecule has 2 N–H and O–H groups in total. The average molecular weight is 198 g/mol. The van der Waals surface area contributed by atoms with E-state index >= 15 is 0 Å². The van der Waals surface area contributed by atoms with Gasteiger partial charge < -0.3 is 14.9 Å². The number of aromatic nitrogens is 1. The SMILES string of the molecule is CNCC(O)c1onc(C)c1C(C)C. The van der Waals surface area contributed by atoms with Crippen molar-refractivity contribution in [3.8, 4) is 0 Å². The molecule has 80 valence electrons. The molecule has 1 rings (SSSR count). The largest absolute Gasteiger partial charge is 0.384 e. The normalized spacial score (nSPS) is 13.6. The fourth-order valence-corrected chi connectivity index (χ4v) is 1.62. The first-order valence-electron chi connectivity index (χ1n) is 4.86. The highest BCUT2D eigenvalue weighted by molar-refractivity contribution is 5.27. The quantitative estimate of drug-likeness (QED) is 0.767. The summed E-state index contributed by atoms with van der Waals surface area (Å²) in [6, 6.07) is 0. The highest BCUT2D eigenvalue weighted by Crippen LogP contribution is 2.27. The average Bonchev–Trinajstić information content (AvgIpc) is 2.47. The lowest BCUT2D eigenvalue weighted by molar-refractivity contribution is 0.138. The van der Waals surface area contributed by atoms with Gasteiger partial charge in [0, 0.05) is 12.1 Å². The first-order valence-corrected chi connectivity index (χ1v) is 4.86. The van der Waals surface area contributed by atoms with Crippen LogP contribution in [0.25, 0.3) is 0 Å². The molecule has 0 aliphatic rings. The molecule has 0 bridgehead atoms. The second-order valence-electron chi connectivity index (χ2n) is 3.77. The molecule has 0 radical (unpaired) electrons. The van der Waals surface area contributed by atoms with Gasteiger partial charge in [-0.2, -0.15) is 0 Å². The second-order valence-corrected chi connectivity index (χ2v) is 3.77. The molecule has 14 heavy (non-hydrogen) atoms. The zero-order valence-corrected chi connectivity index (χ0v) is 9.16. The Labute approximate surface area is 84.3 Å². The molecule has 1 heterocycles. The maximum Gasteiger partial charge on any atom is 0.170 e. The molecule has 0 aliphatic heterocycles. The van der Waals surface area contributed by atoms with E-state index in [1.807, 2.05) is 6.92 Å². The Balaban J connectivity index is 2.96. The molecular formula is C10H18N2O2. The van der Waals surface area contributed by atoms with Gasteiger partial charge in [0.15, 0.2) is 5.76 Å². The number of likely N-dealkylation sites (N-methyl/N-ethyl adjacent to an activating group) is 1. The van der Waals surface area contributed by atoms with Crippen LogP contribution in [0.5, 0.6) is 0 Å². The van der Waals surface area contributed by atoms with Crippen molar-refractivity contribution >= 4 is 0 Å². The van der Waals surface area contributed by atoms with Gasteiger partial charge in [0.1, 0.15) is 6.10 Å². The van der Waals surface area contributed by atoms with E-state index < -0.39 is 6.10 Å². The van der Waals surface area contributed by atoms with Crippen molar-refractivity contribution in [1.82, 2.24) is 10.5 Å². The van der Waals surface area contributed by atoms with E-state index in [1.165, 1.54) is 0 Å². The van der Waals surface area contributed by atoms with Crippen LogP contribution in [0.4, 0.5) is 0 Å². The molecule has 0 aliphatic carbocycles. The van der Waals surface area contributed by atoms with E-state index in [2.05, 4.69) is 24.3 Å². The minimum Gasteiger partial charge on any atom is -0.384 e. The highest BCUT2D eigenvalue weighted by atomic mass is 16.5. The van der Waals surface area contributed by atoms with Crippen LogP contribution in [-0.2, 0) is 0 Å². The van der Waals surface area contributed by atoms with E-state index in [0.717, 1.165) is 11.3 Å². The Bertz CT molecular complexity index is 294. The predicted molar refractivity (Wildman–Crippen MR) is 54.2 cm³/mol. The first kappa shape index (κ1) is 11.2. The monoisotopic (exact) mass is 198 g/mol. The van der Waals surface area contributed by atoms with Crippen LogP contribution in [-0.4, -0.2) is 23.9 Å². The molecular weight excluding hydrogens is 180 g/mol. The van der Waals surface area contributed by atoms with Crippen molar-refractivity contribution in [3.05, 3.63) is 17.0 Å². The standard InChI is InChI=1S/C10H18N2O2/c1-6(2)9-7(3)12-14-10(9)8(13)5-11-4/h6,8,11,13H,5H2,1-4H3. The lowest BCUT2D eigenvalue weighted by atomic mass is 9.99. The molecule has 0 spiro atoms. The maximum absolute atomic E-state index is 9.77. The minimum absolute atomic E-state index is 0.322. The Kier molecular flexibility index (Phi) is 3.66. The summed E-state index contributed by atoms with van der Waals surface area (Å²) in [5, 5.41) is 16.5. The van der Waals surface area contributed by atoms with Crippen LogP contribution < -0.4 is 5.32 Å². The van der Waals surface area contributed by atoms with Crippen LogP contribution in [0.15, 0.2) is 4.52 Å². The van der Waals surface area contributed by atoms with Crippen molar-refractivity contribution < 1.29 is 9.63 Å². The molecule has 0 saturated carbocycles. The van der Waals surface area contributed by atoms with Gasteiger partial charge in [-0.15, -0.1) is 0 Å². The third kappa shape index (κ3) is 2.13. The number of rotatable bonds is 4. The summed E-state index contributed by atoms with van der Waals surface area (Å²) >= 11 is 0. The summed E-state index contributed by atoms with van der Waals surface area (Å²) in [6.07, 6.45) is -0.612. The number of hydrogen-bond acceptors (Lipinski definition) is 4. The second kappa shape index (κ2) is 4.57. The zero-order chi connectivity index (χ0) is 10.7. The van der Waals surface area contributed by atoms with E-state index in [-0.39, 0.29) is 0 Å². The van der Waals surface area contributed by atoms with Crippen molar-refractivity contribution in [2.45, 2.75) is 32.8 Å². The molecule has 4 nitrogen and oxygen atoms in total. The molecule has 0 aromatic carbocycles. The molecule has 0 fully saturated rings. The van der Waals surface area contributed by atoms with Crippen LogP contribution in [0.3, 0.4) is 0 Å². The van der Waals surface area contributed by atoms with E-state index in [9.17, 15) is 5.11 Å². The smallest absolute Gasteiger partial charge is 0.170 e. The number of aryl methyl sites for hydroxylation is 1. The van der Waals surface area contributed by atoms with Gasteiger partial charge in [0.2, 0.25) is 0 Å². The Morgan fingerprint density at radius 3 is 2.64 bits per heavy atom. The number of nitrogens with one attached hydrogen (secondary N) is 1. The molecule has 1 unspecified atom stereocenters. The van der Waals surface area contributed by atoms with Crippen LogP contribution in [0.1, 0.15) is 42.9 Å². The van der Waals surface area contributed by atoms with Gasteiger partial charge >= 0.3 is 0 Å². The van der Waals surface area contributed by atoms with Crippen LogP contribution in [0.2, 0.25) is 0 Å². The topological polar surface area (TPSA) is 58.3 Å². The molecule has 1 atom stereocenters. The maximum atomic E-state index is 9.77. The molecule has 0 saturated heterocycles. The lowest BCUT2D eigenvalue weighted by Crippen LogP contribution is -2.17. The number of aliphatic hydroxyl groups is 1. The molecule has 0 amide bonds. The van der Waals surface area contributed by atoms with Gasteiger partial charge in [-0.3, -0.25) is 0 Å². The van der Waals surface area contributed by atoms with Gasteiger partial charge in [-0.05, 0) is 19.9 Å². The molecule has 1 aromatic heterocycles. The minimum atomic E-state index is -0.612. The van der Waals surface area contributed by atoms with Gasteiger partial charge in [-0.1, -0.05) is 19.0 Å². The Hall–Kier alpha value is -0.870. The van der Waals surface area contributed by atoms with Crippen molar-refractivity contribution in [3.63, 3.8) is 0 Å². The van der Waals surface area contributed by atoms with Crippen molar-refractivity contribution in [2.24, 2.45) is 0 Å². The highest BCUT2D eigenvalue weighted by Gasteiger charge is 2.21. The van der Waals surface area contributed by atoms with Crippen molar-refractivity contribution in [1.29, 1.82) is 0 Å². The van der Waals surface area contributed by atoms with E-state index in [0.29, 0.717) is 18.2 Å². The molecule has 4 heteroatoms. The van der Waals surface area contributed by atoms with Crippen molar-refractivity contribution in [2.75, 3.05) is 13.6 Å². The van der Waals surface area contributed by atoms with Crippen LogP contribution >= 0.6 is 0 Å². The number of nitrogens with zero attached hydrogens (tertiary/aromatic N) is 1. The fourth-order valence-electron chi connectivity index (χ4n) is 1.62. The van der Waals surface area contributed by atoms with Gasteiger partial charge in [0.25, 0.3) is 0 Å². The van der Waals surface area contributed by atoms with Gasteiger partial charge in [0.05, 0.1) is 5.69 Å². The van der Waals surface area contributed by atoms with E-state index in [1.54, 1.807) is 7.05 Å². The number of hydrogen-bond donors (Lipinski definition) is 2. The molecule has 1 aromatic rings. The number of aliphatic hydroxyl groups excluding tert-OH is 1. The fraction of sp³-hybridized carbons (Fsp3) is 0.700.